The fourth-order valence-electron chi connectivity index (χ4n) is 1.73. The molecule has 0 saturated heterocycles. The molecular formula is C14H12BrClFN. The number of nitrogens with one attached hydrogen (secondary N) is 1. The van der Waals surface area contributed by atoms with Gasteiger partial charge in [0.1, 0.15) is 5.82 Å². The van der Waals surface area contributed by atoms with Crippen LogP contribution in [0.2, 0.25) is 5.02 Å². The van der Waals surface area contributed by atoms with E-state index in [0.717, 1.165) is 10.2 Å². The second-order valence-corrected chi connectivity index (χ2v) is 5.39. The molecule has 0 aliphatic carbocycles. The zero-order valence-corrected chi connectivity index (χ0v) is 12.1. The van der Waals surface area contributed by atoms with Crippen molar-refractivity contribution in [1.29, 1.82) is 0 Å². The summed E-state index contributed by atoms with van der Waals surface area (Å²) in [5, 5.41) is 3.92. The molecule has 2 aromatic rings. The van der Waals surface area contributed by atoms with E-state index in [9.17, 15) is 4.39 Å². The van der Waals surface area contributed by atoms with Gasteiger partial charge in [0, 0.05) is 20.7 Å². The number of anilines is 1. The molecule has 0 aromatic heterocycles. The molecule has 1 nitrogen and oxygen atoms in total. The Bertz CT molecular complexity index is 542. The molecule has 0 spiro atoms. The van der Waals surface area contributed by atoms with E-state index in [1.807, 2.05) is 25.1 Å². The molecule has 2 aromatic carbocycles. The van der Waals surface area contributed by atoms with E-state index in [4.69, 9.17) is 11.6 Å². The van der Waals surface area contributed by atoms with E-state index in [2.05, 4.69) is 21.2 Å². The fourth-order valence-corrected chi connectivity index (χ4v) is 2.19. The molecule has 0 amide bonds. The van der Waals surface area contributed by atoms with Crippen LogP contribution in [-0.4, -0.2) is 0 Å². The Morgan fingerprint density at radius 3 is 2.44 bits per heavy atom. The van der Waals surface area contributed by atoms with Crippen molar-refractivity contribution < 1.29 is 4.39 Å². The molecule has 0 saturated carbocycles. The van der Waals surface area contributed by atoms with E-state index >= 15 is 0 Å². The van der Waals surface area contributed by atoms with Gasteiger partial charge in [-0.05, 0) is 43.3 Å². The Kier molecular flexibility index (Phi) is 4.25. The molecule has 0 fully saturated rings. The highest BCUT2D eigenvalue weighted by Gasteiger charge is 2.10. The predicted octanol–water partition coefficient (Wildman–Crippen LogP) is 5.41. The van der Waals surface area contributed by atoms with Crippen LogP contribution >= 0.6 is 27.5 Å². The van der Waals surface area contributed by atoms with Gasteiger partial charge in [0.15, 0.2) is 0 Å². The molecule has 1 N–H and O–H groups in total. The molecule has 94 valence electrons. The van der Waals surface area contributed by atoms with Gasteiger partial charge in [0.25, 0.3) is 0 Å². The Balaban J connectivity index is 2.16. The summed E-state index contributed by atoms with van der Waals surface area (Å²) in [5.74, 6) is -0.224. The van der Waals surface area contributed by atoms with Crippen LogP contribution in [0.5, 0.6) is 0 Å². The number of hydrogen-bond acceptors (Lipinski definition) is 1. The van der Waals surface area contributed by atoms with Crippen molar-refractivity contribution in [2.45, 2.75) is 13.0 Å². The van der Waals surface area contributed by atoms with Gasteiger partial charge in [-0.1, -0.05) is 33.6 Å². The van der Waals surface area contributed by atoms with Crippen LogP contribution in [0, 0.1) is 5.82 Å². The molecule has 18 heavy (non-hydrogen) atoms. The highest BCUT2D eigenvalue weighted by molar-refractivity contribution is 9.10. The second-order valence-electron chi connectivity index (χ2n) is 4.04. The van der Waals surface area contributed by atoms with E-state index in [1.54, 1.807) is 18.2 Å². The lowest BCUT2D eigenvalue weighted by Crippen LogP contribution is -2.08. The van der Waals surface area contributed by atoms with Gasteiger partial charge in [-0.15, -0.1) is 0 Å². The minimum absolute atomic E-state index is 0.112. The average Bonchev–Trinajstić information content (AvgIpc) is 2.32. The number of halogens is 3. The van der Waals surface area contributed by atoms with Crippen LogP contribution in [-0.2, 0) is 0 Å². The maximum atomic E-state index is 13.8. The monoisotopic (exact) mass is 327 g/mol. The smallest absolute Gasteiger partial charge is 0.129 e. The summed E-state index contributed by atoms with van der Waals surface area (Å²) >= 11 is 9.06. The van der Waals surface area contributed by atoms with Crippen molar-refractivity contribution in [2.75, 3.05) is 5.32 Å². The van der Waals surface area contributed by atoms with Gasteiger partial charge < -0.3 is 5.32 Å². The molecule has 1 unspecified atom stereocenters. The summed E-state index contributed by atoms with van der Waals surface area (Å²) < 4.78 is 14.5. The largest absolute Gasteiger partial charge is 0.378 e. The first kappa shape index (κ1) is 13.4. The van der Waals surface area contributed by atoms with Crippen LogP contribution in [0.3, 0.4) is 0 Å². The molecule has 0 aliphatic heterocycles. The summed E-state index contributed by atoms with van der Waals surface area (Å²) in [6.45, 7) is 1.92. The summed E-state index contributed by atoms with van der Waals surface area (Å²) in [6, 6.07) is 12.3. The standard InChI is InChI=1S/C14H12BrClFN/c1-9(13-7-2-10(15)8-14(13)17)18-12-5-3-11(16)4-6-12/h2-9,18H,1H3. The van der Waals surface area contributed by atoms with Crippen LogP contribution < -0.4 is 5.32 Å². The quantitative estimate of drug-likeness (QED) is 0.794. The van der Waals surface area contributed by atoms with Crippen molar-refractivity contribution in [3.05, 3.63) is 63.3 Å². The zero-order chi connectivity index (χ0) is 13.1. The minimum Gasteiger partial charge on any atom is -0.378 e. The third-order valence-corrected chi connectivity index (χ3v) is 3.40. The molecule has 0 heterocycles. The van der Waals surface area contributed by atoms with Crippen molar-refractivity contribution in [3.63, 3.8) is 0 Å². The summed E-state index contributed by atoms with van der Waals surface area (Å²) in [5.41, 5.74) is 1.54. The van der Waals surface area contributed by atoms with E-state index in [1.165, 1.54) is 6.07 Å². The van der Waals surface area contributed by atoms with E-state index in [-0.39, 0.29) is 11.9 Å². The van der Waals surface area contributed by atoms with Crippen LogP contribution in [0.4, 0.5) is 10.1 Å². The Hall–Kier alpha value is -1.06. The summed E-state index contributed by atoms with van der Waals surface area (Å²) in [7, 11) is 0. The molecule has 0 bridgehead atoms. The van der Waals surface area contributed by atoms with E-state index < -0.39 is 0 Å². The number of rotatable bonds is 3. The first-order valence-electron chi connectivity index (χ1n) is 5.53. The Labute approximate surface area is 119 Å². The van der Waals surface area contributed by atoms with Gasteiger partial charge in [-0.3, -0.25) is 0 Å². The van der Waals surface area contributed by atoms with E-state index in [0.29, 0.717) is 10.6 Å². The highest BCUT2D eigenvalue weighted by Crippen LogP contribution is 2.24. The van der Waals surface area contributed by atoms with Gasteiger partial charge in [0.2, 0.25) is 0 Å². The minimum atomic E-state index is -0.224. The fraction of sp³-hybridized carbons (Fsp3) is 0.143. The zero-order valence-electron chi connectivity index (χ0n) is 9.75. The van der Waals surface area contributed by atoms with Crippen molar-refractivity contribution in [1.82, 2.24) is 0 Å². The highest BCUT2D eigenvalue weighted by atomic mass is 79.9. The lowest BCUT2D eigenvalue weighted by atomic mass is 10.1. The number of benzene rings is 2. The topological polar surface area (TPSA) is 12.0 Å². The molecule has 2 rings (SSSR count). The maximum absolute atomic E-state index is 13.8. The third-order valence-electron chi connectivity index (χ3n) is 2.66. The first-order chi connectivity index (χ1) is 8.56. The second kappa shape index (κ2) is 5.72. The first-order valence-corrected chi connectivity index (χ1v) is 6.70. The third kappa shape index (κ3) is 3.24. The van der Waals surface area contributed by atoms with Crippen LogP contribution in [0.1, 0.15) is 18.5 Å². The van der Waals surface area contributed by atoms with Gasteiger partial charge in [0.05, 0.1) is 6.04 Å². The normalized spacial score (nSPS) is 12.2. The predicted molar refractivity (Wildman–Crippen MR) is 77.6 cm³/mol. The summed E-state index contributed by atoms with van der Waals surface area (Å²) in [6.07, 6.45) is 0. The summed E-state index contributed by atoms with van der Waals surface area (Å²) in [4.78, 5) is 0. The molecule has 0 aliphatic rings. The average molecular weight is 329 g/mol. The van der Waals surface area contributed by atoms with Crippen molar-refractivity contribution in [2.24, 2.45) is 0 Å². The molecule has 1 atom stereocenters. The molecular weight excluding hydrogens is 317 g/mol. The maximum Gasteiger partial charge on any atom is 0.129 e. The van der Waals surface area contributed by atoms with Crippen molar-refractivity contribution in [3.8, 4) is 0 Å². The Morgan fingerprint density at radius 2 is 1.83 bits per heavy atom. The van der Waals surface area contributed by atoms with Gasteiger partial charge >= 0.3 is 0 Å². The lowest BCUT2D eigenvalue weighted by Gasteiger charge is -2.16. The molecule has 4 heteroatoms. The van der Waals surface area contributed by atoms with Crippen molar-refractivity contribution >= 4 is 33.2 Å². The van der Waals surface area contributed by atoms with Crippen LogP contribution in [0.15, 0.2) is 46.9 Å². The van der Waals surface area contributed by atoms with Gasteiger partial charge in [-0.25, -0.2) is 4.39 Å². The lowest BCUT2D eigenvalue weighted by molar-refractivity contribution is 0.599. The number of hydrogen-bond donors (Lipinski definition) is 1. The van der Waals surface area contributed by atoms with Crippen LogP contribution in [0.25, 0.3) is 0 Å². The van der Waals surface area contributed by atoms with Gasteiger partial charge in [-0.2, -0.15) is 0 Å². The Morgan fingerprint density at radius 1 is 1.17 bits per heavy atom. The molecule has 0 radical (unpaired) electrons. The SMILES string of the molecule is CC(Nc1ccc(Cl)cc1)c1ccc(Br)cc1F.